The molecule has 2 atom stereocenters. The predicted octanol–water partition coefficient (Wildman–Crippen LogP) is 2.92. The smallest absolute Gasteiger partial charge is 0.0151 e. The van der Waals surface area contributed by atoms with Crippen LogP contribution in [0.5, 0.6) is 0 Å². The molecule has 2 nitrogen and oxygen atoms in total. The van der Waals surface area contributed by atoms with Gasteiger partial charge in [-0.2, -0.15) is 0 Å². The number of hydrogen-bond acceptors (Lipinski definition) is 2. The first-order valence-corrected chi connectivity index (χ1v) is 3.92. The van der Waals surface area contributed by atoms with Crippen molar-refractivity contribution in [3.05, 3.63) is 0 Å². The Bertz CT molecular complexity index is 107. The molecule has 1 saturated carbocycles. The zero-order valence-electron chi connectivity index (χ0n) is 8.01. The van der Waals surface area contributed by atoms with Crippen molar-refractivity contribution in [3.8, 4) is 0 Å². The first-order chi connectivity index (χ1) is 4.13. The van der Waals surface area contributed by atoms with Gasteiger partial charge < -0.3 is 11.9 Å². The summed E-state index contributed by atoms with van der Waals surface area (Å²) in [6, 6.07) is 0. The summed E-state index contributed by atoms with van der Waals surface area (Å²) in [4.78, 5) is 0. The maximum atomic E-state index is 6.02. The molecule has 5 N–H and O–H groups in total. The van der Waals surface area contributed by atoms with Gasteiger partial charge in [0.25, 0.3) is 0 Å². The highest BCUT2D eigenvalue weighted by Crippen LogP contribution is 2.30. The van der Waals surface area contributed by atoms with Crippen LogP contribution < -0.4 is 11.9 Å². The normalized spacial score (nSPS) is 33.8. The summed E-state index contributed by atoms with van der Waals surface area (Å²) in [5, 5.41) is 0. The lowest BCUT2D eigenvalue weighted by molar-refractivity contribution is 0.226. The van der Waals surface area contributed by atoms with Crippen molar-refractivity contribution in [2.45, 2.75) is 45.1 Å². The van der Waals surface area contributed by atoms with Gasteiger partial charge in [-0.15, -0.1) is 24.8 Å². The van der Waals surface area contributed by atoms with Gasteiger partial charge in [0, 0.05) is 5.54 Å². The maximum absolute atomic E-state index is 6.02. The minimum atomic E-state index is 0. The van der Waals surface area contributed by atoms with Crippen LogP contribution in [0.25, 0.3) is 0 Å². The number of hydrogen-bond donors (Lipinski definition) is 2. The van der Waals surface area contributed by atoms with Gasteiger partial charge in [0.2, 0.25) is 0 Å². The summed E-state index contributed by atoms with van der Waals surface area (Å²) in [6.45, 7) is 4.44. The van der Waals surface area contributed by atoms with Gasteiger partial charge in [-0.25, -0.2) is 0 Å². The molecule has 1 fully saturated rings. The summed E-state index contributed by atoms with van der Waals surface area (Å²) in [6.07, 6.45) is 5.26. The van der Waals surface area contributed by atoms with E-state index in [0.717, 1.165) is 5.92 Å². The van der Waals surface area contributed by atoms with E-state index in [1.165, 1.54) is 25.7 Å². The lowest BCUT2D eigenvalue weighted by Gasteiger charge is -2.35. The summed E-state index contributed by atoms with van der Waals surface area (Å²) in [5.74, 6) is 0.728. The summed E-state index contributed by atoms with van der Waals surface area (Å²) in [7, 11) is 0. The molecule has 0 spiro atoms. The van der Waals surface area contributed by atoms with Gasteiger partial charge in [0.15, 0.2) is 0 Å². The summed E-state index contributed by atoms with van der Waals surface area (Å²) >= 11 is 0. The fraction of sp³-hybridized carbons (Fsp3) is 1.00. The second kappa shape index (κ2) is 6.96. The Morgan fingerprint density at radius 2 is 1.75 bits per heavy atom. The minimum Gasteiger partial charge on any atom is -0.344 e. The highest BCUT2D eigenvalue weighted by Gasteiger charge is 2.28. The van der Waals surface area contributed by atoms with E-state index in [1.54, 1.807) is 0 Å². The summed E-state index contributed by atoms with van der Waals surface area (Å²) < 4.78 is 0. The fourth-order valence-corrected chi connectivity index (χ4v) is 1.53. The number of nitrogens with two attached hydrogens (primary N) is 1. The zero-order valence-corrected chi connectivity index (χ0v) is 9.64. The van der Waals surface area contributed by atoms with Crippen LogP contribution in [-0.2, 0) is 0 Å². The highest BCUT2D eigenvalue weighted by molar-refractivity contribution is 5.85. The molecular formula is C8H22Cl2N2. The quantitative estimate of drug-likeness (QED) is 0.655. The maximum Gasteiger partial charge on any atom is 0.0151 e. The van der Waals surface area contributed by atoms with Crippen molar-refractivity contribution in [3.63, 3.8) is 0 Å². The molecule has 1 aliphatic rings. The molecule has 78 valence electrons. The van der Waals surface area contributed by atoms with Crippen LogP contribution in [0.1, 0.15) is 39.5 Å². The molecular weight excluding hydrogens is 195 g/mol. The van der Waals surface area contributed by atoms with E-state index >= 15 is 0 Å². The molecule has 4 heteroatoms. The van der Waals surface area contributed by atoms with Crippen molar-refractivity contribution >= 4 is 24.8 Å². The average molecular weight is 217 g/mol. The molecule has 0 radical (unpaired) electrons. The third kappa shape index (κ3) is 4.51. The van der Waals surface area contributed by atoms with Crippen LogP contribution in [0.4, 0.5) is 0 Å². The topological polar surface area (TPSA) is 61.0 Å². The Morgan fingerprint density at radius 3 is 2.00 bits per heavy atom. The SMILES string of the molecule is CC1CCCCC1(C)N.Cl.Cl.N. The second-order valence-electron chi connectivity index (χ2n) is 3.65. The predicted molar refractivity (Wildman–Crippen MR) is 59.7 cm³/mol. The molecule has 2 unspecified atom stereocenters. The lowest BCUT2D eigenvalue weighted by Crippen LogP contribution is -2.44. The van der Waals surface area contributed by atoms with Crippen molar-refractivity contribution in [2.75, 3.05) is 0 Å². The molecule has 0 amide bonds. The molecule has 0 aromatic heterocycles. The molecule has 0 aliphatic heterocycles. The van der Waals surface area contributed by atoms with E-state index in [1.807, 2.05) is 0 Å². The van der Waals surface area contributed by atoms with E-state index in [-0.39, 0.29) is 36.5 Å². The molecule has 0 bridgehead atoms. The lowest BCUT2D eigenvalue weighted by atomic mass is 9.76. The average Bonchev–Trinajstić information content (AvgIpc) is 1.77. The zero-order chi connectivity index (χ0) is 6.91. The van der Waals surface area contributed by atoms with Crippen LogP contribution >= 0.6 is 24.8 Å². The Morgan fingerprint density at radius 1 is 1.25 bits per heavy atom. The Balaban J connectivity index is -0.000000270. The molecule has 0 aromatic carbocycles. The van der Waals surface area contributed by atoms with E-state index in [2.05, 4.69) is 13.8 Å². The van der Waals surface area contributed by atoms with E-state index in [4.69, 9.17) is 5.73 Å². The number of rotatable bonds is 0. The Labute approximate surface area is 88.1 Å². The largest absolute Gasteiger partial charge is 0.344 e. The van der Waals surface area contributed by atoms with Gasteiger partial charge in [0.05, 0.1) is 0 Å². The van der Waals surface area contributed by atoms with E-state index in [0.29, 0.717) is 0 Å². The van der Waals surface area contributed by atoms with Crippen LogP contribution in [0.3, 0.4) is 0 Å². The summed E-state index contributed by atoms with van der Waals surface area (Å²) in [5.41, 5.74) is 6.16. The molecule has 0 saturated heterocycles. The Kier molecular flexibility index (Phi) is 10.6. The first kappa shape index (κ1) is 18.3. The second-order valence-corrected chi connectivity index (χ2v) is 3.65. The van der Waals surface area contributed by atoms with Crippen LogP contribution in [0.2, 0.25) is 0 Å². The van der Waals surface area contributed by atoms with Gasteiger partial charge in [-0.1, -0.05) is 19.8 Å². The fourth-order valence-electron chi connectivity index (χ4n) is 1.53. The molecule has 1 rings (SSSR count). The number of halogens is 2. The van der Waals surface area contributed by atoms with Crippen molar-refractivity contribution in [1.29, 1.82) is 0 Å². The van der Waals surface area contributed by atoms with Gasteiger partial charge >= 0.3 is 0 Å². The van der Waals surface area contributed by atoms with Gasteiger partial charge in [-0.3, -0.25) is 0 Å². The van der Waals surface area contributed by atoms with Crippen molar-refractivity contribution in [2.24, 2.45) is 11.7 Å². The first-order valence-electron chi connectivity index (χ1n) is 3.92. The third-order valence-electron chi connectivity index (χ3n) is 2.73. The van der Waals surface area contributed by atoms with E-state index < -0.39 is 0 Å². The molecule has 0 aromatic rings. The third-order valence-corrected chi connectivity index (χ3v) is 2.73. The van der Waals surface area contributed by atoms with Crippen LogP contribution in [-0.4, -0.2) is 5.54 Å². The Hall–Kier alpha value is 0.500. The molecule has 0 heterocycles. The van der Waals surface area contributed by atoms with Crippen LogP contribution in [0, 0.1) is 5.92 Å². The van der Waals surface area contributed by atoms with E-state index in [9.17, 15) is 0 Å². The van der Waals surface area contributed by atoms with Crippen LogP contribution in [0.15, 0.2) is 0 Å². The standard InChI is InChI=1S/C8H17N.2ClH.H3N/c1-7-5-3-4-6-8(7,2)9;;;/h7H,3-6,9H2,1-2H3;2*1H;1H3. The molecule has 12 heavy (non-hydrogen) atoms. The highest BCUT2D eigenvalue weighted by atomic mass is 35.5. The monoisotopic (exact) mass is 216 g/mol. The minimum absolute atomic E-state index is 0. The molecule has 1 aliphatic carbocycles. The van der Waals surface area contributed by atoms with Crippen molar-refractivity contribution in [1.82, 2.24) is 6.15 Å². The van der Waals surface area contributed by atoms with Gasteiger partial charge in [0.1, 0.15) is 0 Å². The van der Waals surface area contributed by atoms with Crippen molar-refractivity contribution < 1.29 is 0 Å². The van der Waals surface area contributed by atoms with Gasteiger partial charge in [-0.05, 0) is 25.7 Å².